The molecule has 0 aliphatic heterocycles. The predicted octanol–water partition coefficient (Wildman–Crippen LogP) is 4.47. The van der Waals surface area contributed by atoms with Crippen LogP contribution in [0.4, 0.5) is 0 Å². The average molecular weight is 349 g/mol. The van der Waals surface area contributed by atoms with E-state index in [0.717, 1.165) is 25.3 Å². The van der Waals surface area contributed by atoms with Crippen LogP contribution in [-0.4, -0.2) is 16.7 Å². The lowest BCUT2D eigenvalue weighted by Crippen LogP contribution is -2.45. The highest BCUT2D eigenvalue weighted by Gasteiger charge is 2.44. The van der Waals surface area contributed by atoms with Crippen LogP contribution < -0.4 is 5.32 Å². The molecule has 23 heavy (non-hydrogen) atoms. The number of nitrogens with zero attached hydrogens (tertiary/aromatic N) is 1. The second-order valence-corrected chi connectivity index (χ2v) is 9.12. The number of rotatable bonds is 7. The van der Waals surface area contributed by atoms with Crippen molar-refractivity contribution < 1.29 is 5.11 Å². The molecule has 0 bridgehead atoms. The first-order valence-electron chi connectivity index (χ1n) is 8.63. The van der Waals surface area contributed by atoms with Crippen molar-refractivity contribution in [2.24, 2.45) is 5.41 Å². The van der Waals surface area contributed by atoms with E-state index >= 15 is 0 Å². The quantitative estimate of drug-likeness (QED) is 0.776. The topological polar surface area (TPSA) is 45.1 Å². The van der Waals surface area contributed by atoms with Gasteiger partial charge in [0.2, 0.25) is 0 Å². The lowest BCUT2D eigenvalue weighted by atomic mass is 9.64. The van der Waals surface area contributed by atoms with Crippen LogP contribution in [0.15, 0.2) is 23.7 Å². The highest BCUT2D eigenvalue weighted by Crippen LogP contribution is 2.51. The summed E-state index contributed by atoms with van der Waals surface area (Å²) < 4.78 is 0. The Kier molecular flexibility index (Phi) is 4.54. The van der Waals surface area contributed by atoms with Gasteiger partial charge in [0.15, 0.2) is 0 Å². The van der Waals surface area contributed by atoms with E-state index in [2.05, 4.69) is 27.8 Å². The third-order valence-corrected chi connectivity index (χ3v) is 7.71. The van der Waals surface area contributed by atoms with Gasteiger partial charge in [-0.15, -0.1) is 22.7 Å². The third kappa shape index (κ3) is 3.00. The molecule has 2 N–H and O–H groups in total. The number of hydrogen-bond acceptors (Lipinski definition) is 5. The zero-order valence-corrected chi connectivity index (χ0v) is 15.0. The minimum absolute atomic E-state index is 0.0341. The van der Waals surface area contributed by atoms with Gasteiger partial charge in [-0.25, -0.2) is 4.98 Å². The molecule has 4 rings (SSSR count). The summed E-state index contributed by atoms with van der Waals surface area (Å²) in [6.45, 7) is 1.13. The second-order valence-electron chi connectivity index (χ2n) is 7.00. The molecule has 2 heterocycles. The van der Waals surface area contributed by atoms with Gasteiger partial charge in [-0.1, -0.05) is 18.9 Å². The molecule has 0 spiro atoms. The number of thiophene rings is 1. The van der Waals surface area contributed by atoms with Crippen molar-refractivity contribution >= 4 is 22.7 Å². The Balaban J connectivity index is 1.46. The third-order valence-electron chi connectivity index (χ3n) is 5.61. The lowest BCUT2D eigenvalue weighted by molar-refractivity contribution is 0.00585. The number of hydrogen-bond donors (Lipinski definition) is 2. The highest BCUT2D eigenvalue weighted by atomic mass is 32.1. The lowest BCUT2D eigenvalue weighted by Gasteiger charge is -2.46. The molecule has 2 saturated carbocycles. The molecule has 5 heteroatoms. The molecular formula is C18H24N2OS2. The largest absolute Gasteiger partial charge is 0.396 e. The zero-order chi connectivity index (χ0) is 15.7. The standard InChI is InChI=1S/C18H24N2OS2/c21-12-18(7-3-8-18)16(15-6-2-9-22-15)19-10-14-11-20-17(23-14)13-4-1-5-13/h2,6,9,11,13,16,19,21H,1,3-5,7-8,10,12H2. The molecule has 1 unspecified atom stereocenters. The van der Waals surface area contributed by atoms with Crippen LogP contribution in [0.3, 0.4) is 0 Å². The molecule has 2 aromatic rings. The van der Waals surface area contributed by atoms with E-state index in [1.165, 1.54) is 40.4 Å². The number of nitrogens with one attached hydrogen (secondary N) is 1. The molecule has 2 aliphatic rings. The summed E-state index contributed by atoms with van der Waals surface area (Å²) in [4.78, 5) is 7.30. The molecule has 0 aromatic carbocycles. The van der Waals surface area contributed by atoms with Crippen molar-refractivity contribution in [2.45, 2.75) is 57.0 Å². The van der Waals surface area contributed by atoms with Crippen molar-refractivity contribution in [1.29, 1.82) is 0 Å². The van der Waals surface area contributed by atoms with Gasteiger partial charge in [0, 0.05) is 39.9 Å². The molecule has 1 atom stereocenters. The molecule has 2 aliphatic carbocycles. The summed E-state index contributed by atoms with van der Waals surface area (Å²) in [6, 6.07) is 4.57. The van der Waals surface area contributed by atoms with Crippen molar-refractivity contribution in [3.63, 3.8) is 0 Å². The van der Waals surface area contributed by atoms with Crippen molar-refractivity contribution in [2.75, 3.05) is 6.61 Å². The summed E-state index contributed by atoms with van der Waals surface area (Å²) in [6.07, 6.45) is 9.50. The van der Waals surface area contributed by atoms with Gasteiger partial charge in [0.1, 0.15) is 0 Å². The van der Waals surface area contributed by atoms with Crippen LogP contribution in [0.2, 0.25) is 0 Å². The van der Waals surface area contributed by atoms with Gasteiger partial charge in [0.25, 0.3) is 0 Å². The van der Waals surface area contributed by atoms with E-state index in [0.29, 0.717) is 0 Å². The van der Waals surface area contributed by atoms with Gasteiger partial charge < -0.3 is 10.4 Å². The highest BCUT2D eigenvalue weighted by molar-refractivity contribution is 7.11. The predicted molar refractivity (Wildman–Crippen MR) is 96.0 cm³/mol. The monoisotopic (exact) mass is 348 g/mol. The van der Waals surface area contributed by atoms with Crippen LogP contribution in [-0.2, 0) is 6.54 Å². The van der Waals surface area contributed by atoms with Gasteiger partial charge in [-0.3, -0.25) is 0 Å². The van der Waals surface area contributed by atoms with Gasteiger partial charge in [-0.05, 0) is 37.1 Å². The van der Waals surface area contributed by atoms with Crippen molar-refractivity contribution in [3.05, 3.63) is 38.5 Å². The average Bonchev–Trinajstić information content (AvgIpc) is 3.11. The number of aromatic nitrogens is 1. The molecular weight excluding hydrogens is 324 g/mol. The summed E-state index contributed by atoms with van der Waals surface area (Å²) in [7, 11) is 0. The minimum Gasteiger partial charge on any atom is -0.396 e. The number of thiazole rings is 1. The van der Waals surface area contributed by atoms with Crippen LogP contribution in [0, 0.1) is 5.41 Å². The van der Waals surface area contributed by atoms with E-state index in [9.17, 15) is 5.11 Å². The summed E-state index contributed by atoms with van der Waals surface area (Å²) in [5.41, 5.74) is 0.0341. The molecule has 124 valence electrons. The Morgan fingerprint density at radius 3 is 2.78 bits per heavy atom. The molecule has 0 amide bonds. The Morgan fingerprint density at radius 2 is 2.22 bits per heavy atom. The van der Waals surface area contributed by atoms with E-state index in [4.69, 9.17) is 0 Å². The van der Waals surface area contributed by atoms with Crippen LogP contribution >= 0.6 is 22.7 Å². The smallest absolute Gasteiger partial charge is 0.0959 e. The minimum atomic E-state index is 0.0341. The molecule has 3 nitrogen and oxygen atoms in total. The number of aliphatic hydroxyl groups excluding tert-OH is 1. The van der Waals surface area contributed by atoms with Crippen LogP contribution in [0.25, 0.3) is 0 Å². The fourth-order valence-electron chi connectivity index (χ4n) is 3.69. The normalized spacial score (nSPS) is 21.6. The van der Waals surface area contributed by atoms with E-state index in [1.54, 1.807) is 11.3 Å². The SMILES string of the molecule is OCC1(C(NCc2cnc(C3CCC3)s2)c2cccs2)CCC1. The van der Waals surface area contributed by atoms with E-state index < -0.39 is 0 Å². The Bertz CT molecular complexity index is 624. The maximum atomic E-state index is 9.97. The molecule has 0 radical (unpaired) electrons. The Morgan fingerprint density at radius 1 is 1.35 bits per heavy atom. The summed E-state index contributed by atoms with van der Waals surface area (Å²) in [5.74, 6) is 0.720. The molecule has 0 saturated heterocycles. The maximum absolute atomic E-state index is 9.97. The Hall–Kier alpha value is -0.750. The van der Waals surface area contributed by atoms with E-state index in [1.807, 2.05) is 17.5 Å². The van der Waals surface area contributed by atoms with Crippen LogP contribution in [0.1, 0.15) is 65.2 Å². The van der Waals surface area contributed by atoms with Crippen LogP contribution in [0.5, 0.6) is 0 Å². The van der Waals surface area contributed by atoms with Gasteiger partial charge >= 0.3 is 0 Å². The first-order chi connectivity index (χ1) is 11.3. The van der Waals surface area contributed by atoms with Gasteiger partial charge in [0.05, 0.1) is 11.6 Å². The second kappa shape index (κ2) is 6.63. The molecule has 2 fully saturated rings. The zero-order valence-electron chi connectivity index (χ0n) is 13.3. The summed E-state index contributed by atoms with van der Waals surface area (Å²) >= 11 is 3.66. The first kappa shape index (κ1) is 15.8. The fourth-order valence-corrected chi connectivity index (χ4v) is 5.67. The molecule has 2 aromatic heterocycles. The van der Waals surface area contributed by atoms with E-state index in [-0.39, 0.29) is 18.1 Å². The maximum Gasteiger partial charge on any atom is 0.0959 e. The van der Waals surface area contributed by atoms with Crippen molar-refractivity contribution in [3.8, 4) is 0 Å². The van der Waals surface area contributed by atoms with Gasteiger partial charge in [-0.2, -0.15) is 0 Å². The number of aliphatic hydroxyl groups is 1. The summed E-state index contributed by atoms with van der Waals surface area (Å²) in [5, 5.41) is 17.2. The van der Waals surface area contributed by atoms with Crippen molar-refractivity contribution in [1.82, 2.24) is 10.3 Å². The first-order valence-corrected chi connectivity index (χ1v) is 10.3. The fraction of sp³-hybridized carbons (Fsp3) is 0.611. The Labute approximate surface area is 145 Å².